The maximum absolute atomic E-state index is 11.9. The van der Waals surface area contributed by atoms with Gasteiger partial charge in [0.2, 0.25) is 0 Å². The Bertz CT molecular complexity index is 504. The van der Waals surface area contributed by atoms with Crippen LogP contribution in [0.2, 0.25) is 0 Å². The zero-order chi connectivity index (χ0) is 20.3. The fraction of sp³-hybridized carbons (Fsp3) is 0.900. The van der Waals surface area contributed by atoms with Crippen LogP contribution in [-0.2, 0) is 9.59 Å². The van der Waals surface area contributed by atoms with Gasteiger partial charge in [-0.15, -0.1) is 0 Å². The van der Waals surface area contributed by atoms with Crippen molar-refractivity contribution in [1.29, 1.82) is 0 Å². The number of aliphatic hydroxyl groups excluding tert-OH is 2. The van der Waals surface area contributed by atoms with Crippen LogP contribution in [0.1, 0.15) is 33.1 Å². The molecule has 3 rings (SSSR count). The summed E-state index contributed by atoms with van der Waals surface area (Å²) in [7, 11) is 0. The lowest BCUT2D eigenvalue weighted by Gasteiger charge is -2.50. The second kappa shape index (κ2) is 9.07. The maximum atomic E-state index is 11.9. The number of rotatable bonds is 6. The monoisotopic (exact) mass is 396 g/mol. The summed E-state index contributed by atoms with van der Waals surface area (Å²) >= 11 is 0. The van der Waals surface area contributed by atoms with Gasteiger partial charge in [-0.1, -0.05) is 6.42 Å². The van der Waals surface area contributed by atoms with E-state index in [9.17, 15) is 19.8 Å². The van der Waals surface area contributed by atoms with Gasteiger partial charge in [0.05, 0.1) is 0 Å². The van der Waals surface area contributed by atoms with E-state index in [1.807, 2.05) is 0 Å². The number of carbonyl (C=O) groups is 2. The average molecular weight is 397 g/mol. The van der Waals surface area contributed by atoms with E-state index in [1.54, 1.807) is 9.80 Å². The van der Waals surface area contributed by atoms with Gasteiger partial charge < -0.3 is 20.0 Å². The standard InChI is InChI=1S/C20H36N4O4/c1-16(25)18(27)23-10-6-21(7-11-23)14-20(4-3-5-20)15-22-8-12-24(13-9-22)19(28)17(2)26/h16-17,25-26H,3-15H2,1-2H3/t16-,17+. The van der Waals surface area contributed by atoms with E-state index in [-0.39, 0.29) is 11.8 Å². The first kappa shape index (κ1) is 21.5. The Morgan fingerprint density at radius 2 is 1.11 bits per heavy atom. The van der Waals surface area contributed by atoms with Gasteiger partial charge in [-0.05, 0) is 32.1 Å². The van der Waals surface area contributed by atoms with Crippen molar-refractivity contribution >= 4 is 11.8 Å². The first-order valence-corrected chi connectivity index (χ1v) is 10.7. The summed E-state index contributed by atoms with van der Waals surface area (Å²) in [6.07, 6.45) is 1.94. The Labute approximate surface area is 168 Å². The summed E-state index contributed by atoms with van der Waals surface area (Å²) < 4.78 is 0. The summed E-state index contributed by atoms with van der Waals surface area (Å²) in [6, 6.07) is 0. The molecule has 0 aromatic rings. The molecule has 1 aliphatic carbocycles. The van der Waals surface area contributed by atoms with Crippen molar-refractivity contribution in [3.05, 3.63) is 0 Å². The highest BCUT2D eigenvalue weighted by atomic mass is 16.3. The van der Waals surface area contributed by atoms with Crippen molar-refractivity contribution < 1.29 is 19.8 Å². The fourth-order valence-electron chi connectivity index (χ4n) is 4.77. The molecule has 0 spiro atoms. The fourth-order valence-corrected chi connectivity index (χ4v) is 4.77. The topological polar surface area (TPSA) is 87.6 Å². The van der Waals surface area contributed by atoms with Gasteiger partial charge in [0.25, 0.3) is 11.8 Å². The van der Waals surface area contributed by atoms with Gasteiger partial charge in [-0.2, -0.15) is 0 Å². The highest BCUT2D eigenvalue weighted by Crippen LogP contribution is 2.42. The Hall–Kier alpha value is -1.22. The molecular weight excluding hydrogens is 360 g/mol. The molecule has 2 heterocycles. The van der Waals surface area contributed by atoms with Crippen molar-refractivity contribution in [3.8, 4) is 0 Å². The number of carbonyl (C=O) groups excluding carboxylic acids is 2. The molecule has 8 nitrogen and oxygen atoms in total. The van der Waals surface area contributed by atoms with E-state index in [2.05, 4.69) is 9.80 Å². The van der Waals surface area contributed by atoms with E-state index in [0.717, 1.165) is 39.3 Å². The third-order valence-corrected chi connectivity index (χ3v) is 6.61. The Morgan fingerprint density at radius 1 is 0.750 bits per heavy atom. The predicted octanol–water partition coefficient (Wildman–Crippen LogP) is -0.793. The predicted molar refractivity (Wildman–Crippen MR) is 106 cm³/mol. The maximum Gasteiger partial charge on any atom is 0.251 e. The molecule has 2 atom stereocenters. The number of amides is 2. The molecular formula is C20H36N4O4. The van der Waals surface area contributed by atoms with E-state index in [1.165, 1.54) is 33.1 Å². The van der Waals surface area contributed by atoms with Crippen LogP contribution in [0.4, 0.5) is 0 Å². The summed E-state index contributed by atoms with van der Waals surface area (Å²) in [5, 5.41) is 19.0. The normalized spacial score (nSPS) is 25.9. The van der Waals surface area contributed by atoms with Gasteiger partial charge in [-0.25, -0.2) is 0 Å². The molecule has 28 heavy (non-hydrogen) atoms. The van der Waals surface area contributed by atoms with Gasteiger partial charge in [0.1, 0.15) is 12.2 Å². The highest BCUT2D eigenvalue weighted by Gasteiger charge is 2.41. The lowest BCUT2D eigenvalue weighted by atomic mass is 9.68. The van der Waals surface area contributed by atoms with E-state index in [4.69, 9.17) is 0 Å². The number of hydrogen-bond acceptors (Lipinski definition) is 6. The molecule has 160 valence electrons. The molecule has 3 aliphatic rings. The quantitative estimate of drug-likeness (QED) is 0.612. The van der Waals surface area contributed by atoms with Crippen molar-refractivity contribution in [1.82, 2.24) is 19.6 Å². The summed E-state index contributed by atoms with van der Waals surface area (Å²) in [4.78, 5) is 32.4. The van der Waals surface area contributed by atoms with Crippen molar-refractivity contribution in [2.24, 2.45) is 5.41 Å². The molecule has 0 aromatic carbocycles. The van der Waals surface area contributed by atoms with Crippen LogP contribution >= 0.6 is 0 Å². The molecule has 2 N–H and O–H groups in total. The zero-order valence-corrected chi connectivity index (χ0v) is 17.3. The smallest absolute Gasteiger partial charge is 0.251 e. The number of aliphatic hydroxyl groups is 2. The first-order chi connectivity index (χ1) is 13.3. The van der Waals surface area contributed by atoms with Crippen LogP contribution in [0.25, 0.3) is 0 Å². The molecule has 0 radical (unpaired) electrons. The lowest BCUT2D eigenvalue weighted by Crippen LogP contribution is -2.58. The average Bonchev–Trinajstić information content (AvgIpc) is 2.66. The first-order valence-electron chi connectivity index (χ1n) is 10.7. The van der Waals surface area contributed by atoms with Crippen LogP contribution in [-0.4, -0.2) is 119 Å². The van der Waals surface area contributed by atoms with Crippen LogP contribution in [0.5, 0.6) is 0 Å². The molecule has 2 saturated heterocycles. The van der Waals surface area contributed by atoms with Crippen LogP contribution in [0.15, 0.2) is 0 Å². The van der Waals surface area contributed by atoms with E-state index in [0.29, 0.717) is 31.6 Å². The highest BCUT2D eigenvalue weighted by molar-refractivity contribution is 5.80. The largest absolute Gasteiger partial charge is 0.384 e. The molecule has 8 heteroatoms. The van der Waals surface area contributed by atoms with Gasteiger partial charge in [0.15, 0.2) is 0 Å². The second-order valence-electron chi connectivity index (χ2n) is 8.91. The van der Waals surface area contributed by atoms with Gasteiger partial charge in [-0.3, -0.25) is 19.4 Å². The summed E-state index contributed by atoms with van der Waals surface area (Å²) in [5.74, 6) is -0.328. The number of nitrogens with zero attached hydrogens (tertiary/aromatic N) is 4. The van der Waals surface area contributed by atoms with Crippen LogP contribution in [0.3, 0.4) is 0 Å². The zero-order valence-electron chi connectivity index (χ0n) is 17.3. The van der Waals surface area contributed by atoms with Crippen LogP contribution in [0, 0.1) is 5.41 Å². The van der Waals surface area contributed by atoms with Crippen molar-refractivity contribution in [2.45, 2.75) is 45.3 Å². The third kappa shape index (κ3) is 5.03. The van der Waals surface area contributed by atoms with Crippen LogP contribution < -0.4 is 0 Å². The minimum atomic E-state index is -0.913. The minimum absolute atomic E-state index is 0.164. The van der Waals surface area contributed by atoms with Crippen molar-refractivity contribution in [3.63, 3.8) is 0 Å². The van der Waals surface area contributed by atoms with Gasteiger partial charge in [0, 0.05) is 65.4 Å². The van der Waals surface area contributed by atoms with E-state index < -0.39 is 12.2 Å². The third-order valence-electron chi connectivity index (χ3n) is 6.61. The molecule has 0 bridgehead atoms. The lowest BCUT2D eigenvalue weighted by molar-refractivity contribution is -0.141. The molecule has 2 aliphatic heterocycles. The minimum Gasteiger partial charge on any atom is -0.384 e. The van der Waals surface area contributed by atoms with E-state index >= 15 is 0 Å². The Balaban J connectivity index is 1.45. The number of piperazine rings is 2. The number of hydrogen-bond donors (Lipinski definition) is 2. The Kier molecular flexibility index (Phi) is 6.96. The Morgan fingerprint density at radius 3 is 1.36 bits per heavy atom. The molecule has 3 fully saturated rings. The van der Waals surface area contributed by atoms with Gasteiger partial charge >= 0.3 is 0 Å². The molecule has 1 saturated carbocycles. The molecule has 2 amide bonds. The summed E-state index contributed by atoms with van der Waals surface area (Å²) in [5.41, 5.74) is 0.326. The molecule has 0 unspecified atom stereocenters. The molecule has 0 aromatic heterocycles. The SMILES string of the molecule is C[C@H](O)C(=O)N1CCN(CC2(CN3CCN(C(=O)[C@@H](C)O)CC3)CCC2)CC1. The second-order valence-corrected chi connectivity index (χ2v) is 8.91. The summed E-state index contributed by atoms with van der Waals surface area (Å²) in [6.45, 7) is 11.5. The van der Waals surface area contributed by atoms with Crippen molar-refractivity contribution in [2.75, 3.05) is 65.4 Å².